The van der Waals surface area contributed by atoms with Crippen molar-refractivity contribution < 1.29 is 13.9 Å². The third-order valence-corrected chi connectivity index (χ3v) is 6.08. The number of ether oxygens (including phenoxy) is 1. The molecule has 0 fully saturated rings. The highest BCUT2D eigenvalue weighted by molar-refractivity contribution is 7.14. The fourth-order valence-corrected chi connectivity index (χ4v) is 4.54. The molecule has 0 atom stereocenters. The van der Waals surface area contributed by atoms with Crippen LogP contribution >= 0.6 is 11.3 Å². The monoisotopic (exact) mass is 448 g/mol. The number of anilines is 2. The topological polar surface area (TPSA) is 72.6 Å². The maximum atomic E-state index is 12.4. The van der Waals surface area contributed by atoms with Gasteiger partial charge in [0.15, 0.2) is 5.13 Å². The van der Waals surface area contributed by atoms with Gasteiger partial charge in [0.05, 0.1) is 11.4 Å². The van der Waals surface area contributed by atoms with Gasteiger partial charge in [0.1, 0.15) is 17.9 Å². The number of carbonyl (C=O) groups excluding carboxylic acids is 1. The van der Waals surface area contributed by atoms with Crippen LogP contribution in [0.4, 0.5) is 10.8 Å². The molecule has 0 aliphatic rings. The Morgan fingerprint density at radius 1 is 1.16 bits per heavy atom. The van der Waals surface area contributed by atoms with E-state index in [0.29, 0.717) is 22.2 Å². The molecule has 0 spiro atoms. The largest absolute Gasteiger partial charge is 0.487 e. The molecule has 0 aliphatic carbocycles. The number of amides is 1. The highest BCUT2D eigenvalue weighted by atomic mass is 32.1. The van der Waals surface area contributed by atoms with Crippen LogP contribution in [0, 0.1) is 13.8 Å². The van der Waals surface area contributed by atoms with Crippen molar-refractivity contribution in [2.24, 2.45) is 0 Å². The highest BCUT2D eigenvalue weighted by Crippen LogP contribution is 2.32. The molecule has 32 heavy (non-hydrogen) atoms. The van der Waals surface area contributed by atoms with Crippen molar-refractivity contribution in [3.8, 4) is 5.75 Å². The number of rotatable bonds is 6. The number of aromatic nitrogens is 1. The number of aryl methyl sites for hydroxylation is 3. The third-order valence-electron chi connectivity index (χ3n) is 5.21. The number of carbonyl (C=O) groups is 1. The second kappa shape index (κ2) is 8.96. The Morgan fingerprint density at radius 2 is 1.97 bits per heavy atom. The number of hydrogen-bond donors (Lipinski definition) is 0. The van der Waals surface area contributed by atoms with E-state index < -0.39 is 0 Å². The van der Waals surface area contributed by atoms with Gasteiger partial charge < -0.3 is 9.15 Å². The van der Waals surface area contributed by atoms with E-state index in [1.165, 1.54) is 24.3 Å². The van der Waals surface area contributed by atoms with Crippen molar-refractivity contribution in [3.05, 3.63) is 80.6 Å². The summed E-state index contributed by atoms with van der Waals surface area (Å²) in [5.74, 6) is 0.483. The summed E-state index contributed by atoms with van der Waals surface area (Å²) in [5, 5.41) is 3.38. The lowest BCUT2D eigenvalue weighted by Crippen LogP contribution is -2.23. The summed E-state index contributed by atoms with van der Waals surface area (Å²) in [7, 11) is 0. The zero-order valence-electron chi connectivity index (χ0n) is 18.5. The lowest BCUT2D eigenvalue weighted by Gasteiger charge is -2.20. The Bertz CT molecular complexity index is 1360. The van der Waals surface area contributed by atoms with E-state index >= 15 is 0 Å². The zero-order chi connectivity index (χ0) is 22.8. The normalized spacial score (nSPS) is 11.0. The first-order chi connectivity index (χ1) is 15.4. The van der Waals surface area contributed by atoms with E-state index in [2.05, 4.69) is 4.98 Å². The molecule has 0 unspecified atom stereocenters. The summed E-state index contributed by atoms with van der Waals surface area (Å²) in [6.45, 7) is 7.77. The minimum absolute atomic E-state index is 0.102. The van der Waals surface area contributed by atoms with Crippen LogP contribution in [0.5, 0.6) is 5.75 Å². The van der Waals surface area contributed by atoms with Gasteiger partial charge in [-0.1, -0.05) is 24.6 Å². The number of benzene rings is 2. The minimum Gasteiger partial charge on any atom is -0.487 e. The Hall–Kier alpha value is -3.45. The molecule has 0 saturated heterocycles. The quantitative estimate of drug-likeness (QED) is 0.354. The van der Waals surface area contributed by atoms with Crippen LogP contribution in [0.15, 0.2) is 57.1 Å². The van der Waals surface area contributed by atoms with Gasteiger partial charge in [-0.3, -0.25) is 9.69 Å². The molecule has 1 amide bonds. The molecular weight excluding hydrogens is 424 g/mol. The SMILES string of the molecule is CCc1cc(=O)oc2cc(OCc3csc(N(C(C)=O)c4ccc(C)cc4C)n3)ccc12. The molecule has 0 saturated carbocycles. The number of nitrogens with zero attached hydrogens (tertiary/aromatic N) is 2. The van der Waals surface area contributed by atoms with Gasteiger partial charge in [-0.25, -0.2) is 9.78 Å². The molecule has 164 valence electrons. The fraction of sp³-hybridized carbons (Fsp3) is 0.240. The van der Waals surface area contributed by atoms with Crippen LogP contribution in [0.2, 0.25) is 0 Å². The first-order valence-corrected chi connectivity index (χ1v) is 11.3. The van der Waals surface area contributed by atoms with Crippen molar-refractivity contribution in [2.45, 2.75) is 40.7 Å². The molecular formula is C25H24N2O4S. The van der Waals surface area contributed by atoms with E-state index in [4.69, 9.17) is 9.15 Å². The van der Waals surface area contributed by atoms with Crippen molar-refractivity contribution in [3.63, 3.8) is 0 Å². The molecule has 6 nitrogen and oxygen atoms in total. The number of fused-ring (bicyclic) bond motifs is 1. The summed E-state index contributed by atoms with van der Waals surface area (Å²) in [4.78, 5) is 30.4. The van der Waals surface area contributed by atoms with E-state index in [1.54, 1.807) is 11.0 Å². The van der Waals surface area contributed by atoms with E-state index in [0.717, 1.165) is 34.2 Å². The van der Waals surface area contributed by atoms with Crippen molar-refractivity contribution in [2.75, 3.05) is 4.90 Å². The van der Waals surface area contributed by atoms with Gasteiger partial charge >= 0.3 is 5.63 Å². The van der Waals surface area contributed by atoms with Crippen molar-refractivity contribution >= 4 is 39.0 Å². The molecule has 0 aliphatic heterocycles. The van der Waals surface area contributed by atoms with Gasteiger partial charge in [0, 0.05) is 29.8 Å². The predicted octanol–water partition coefficient (Wildman–Crippen LogP) is 5.69. The molecule has 0 radical (unpaired) electrons. The average molecular weight is 449 g/mol. The fourth-order valence-electron chi connectivity index (χ4n) is 3.68. The first kappa shape index (κ1) is 21.8. The van der Waals surface area contributed by atoms with Crippen LogP contribution in [-0.4, -0.2) is 10.9 Å². The Kier molecular flexibility index (Phi) is 6.10. The van der Waals surface area contributed by atoms with Crippen molar-refractivity contribution in [1.82, 2.24) is 4.98 Å². The average Bonchev–Trinajstić information content (AvgIpc) is 3.21. The number of thiazole rings is 1. The van der Waals surface area contributed by atoms with Crippen LogP contribution < -0.4 is 15.3 Å². The summed E-state index contributed by atoms with van der Waals surface area (Å²) in [5.41, 5.74) is 4.76. The van der Waals surface area contributed by atoms with Crippen LogP contribution in [0.3, 0.4) is 0 Å². The van der Waals surface area contributed by atoms with Crippen LogP contribution in [-0.2, 0) is 17.8 Å². The lowest BCUT2D eigenvalue weighted by molar-refractivity contribution is -0.115. The molecule has 2 aromatic heterocycles. The molecule has 0 N–H and O–H groups in total. The van der Waals surface area contributed by atoms with Gasteiger partial charge in [0.2, 0.25) is 5.91 Å². The maximum absolute atomic E-state index is 12.4. The second-order valence-corrected chi connectivity index (χ2v) is 8.49. The van der Waals surface area contributed by atoms with Gasteiger partial charge in [-0.2, -0.15) is 0 Å². The summed E-state index contributed by atoms with van der Waals surface area (Å²) in [6, 6.07) is 13.0. The molecule has 0 bridgehead atoms. The predicted molar refractivity (Wildman–Crippen MR) is 127 cm³/mol. The maximum Gasteiger partial charge on any atom is 0.336 e. The molecule has 7 heteroatoms. The molecule has 2 heterocycles. The molecule has 4 rings (SSSR count). The summed E-state index contributed by atoms with van der Waals surface area (Å²) in [6.07, 6.45) is 0.747. The second-order valence-electron chi connectivity index (χ2n) is 7.66. The molecule has 2 aromatic carbocycles. The molecule has 4 aromatic rings. The smallest absolute Gasteiger partial charge is 0.336 e. The highest BCUT2D eigenvalue weighted by Gasteiger charge is 2.20. The first-order valence-electron chi connectivity index (χ1n) is 10.4. The van der Waals surface area contributed by atoms with Crippen LogP contribution in [0.25, 0.3) is 11.0 Å². The standard InChI is InChI=1S/C25H24N2O4S/c1-5-18-11-24(29)31-23-12-20(7-8-21(18)23)30-13-19-14-32-25(26-19)27(17(4)28)22-9-6-15(2)10-16(22)3/h6-12,14H,5,13H2,1-4H3. The minimum atomic E-state index is -0.369. The summed E-state index contributed by atoms with van der Waals surface area (Å²) < 4.78 is 11.2. The zero-order valence-corrected chi connectivity index (χ0v) is 19.3. The van der Waals surface area contributed by atoms with E-state index in [-0.39, 0.29) is 18.1 Å². The van der Waals surface area contributed by atoms with Crippen molar-refractivity contribution in [1.29, 1.82) is 0 Å². The van der Waals surface area contributed by atoms with Gasteiger partial charge in [-0.05, 0) is 49.6 Å². The lowest BCUT2D eigenvalue weighted by atomic mass is 10.1. The van der Waals surface area contributed by atoms with Gasteiger partial charge in [-0.15, -0.1) is 11.3 Å². The van der Waals surface area contributed by atoms with Crippen LogP contribution in [0.1, 0.15) is 36.2 Å². The Balaban J connectivity index is 1.55. The van der Waals surface area contributed by atoms with Gasteiger partial charge in [0.25, 0.3) is 0 Å². The summed E-state index contributed by atoms with van der Waals surface area (Å²) >= 11 is 1.39. The van der Waals surface area contributed by atoms with E-state index in [9.17, 15) is 9.59 Å². The third kappa shape index (κ3) is 4.43. The Labute approximate surface area is 190 Å². The number of hydrogen-bond acceptors (Lipinski definition) is 6. The Morgan fingerprint density at radius 3 is 2.69 bits per heavy atom. The van der Waals surface area contributed by atoms with E-state index in [1.807, 2.05) is 56.5 Å².